The second-order valence-electron chi connectivity index (χ2n) is 7.60. The average Bonchev–Trinajstić information content (AvgIpc) is 3.44. The van der Waals surface area contributed by atoms with Crippen molar-refractivity contribution in [2.45, 2.75) is 25.9 Å². The summed E-state index contributed by atoms with van der Waals surface area (Å²) in [6.45, 7) is 4.02. The van der Waals surface area contributed by atoms with E-state index in [4.69, 9.17) is 0 Å². The zero-order chi connectivity index (χ0) is 20.3. The second kappa shape index (κ2) is 8.20. The number of fused-ring (bicyclic) bond motifs is 1. The van der Waals surface area contributed by atoms with Crippen LogP contribution in [0.1, 0.15) is 24.0 Å². The highest BCUT2D eigenvalue weighted by Crippen LogP contribution is 2.23. The number of halogens is 1. The standard InChI is InChI=1S/C23H23FN6/c24-19-7-9-20(10-8-19)30-23-21(14-28-30)22(26-16-27-23)25-13-17-5-1-2-6-18(17)15-29-11-3-4-12-29/h1-2,5-10,14,16H,3-4,11-13,15H2,(H,25,26,27). The van der Waals surface area contributed by atoms with Gasteiger partial charge in [-0.15, -0.1) is 0 Å². The largest absolute Gasteiger partial charge is 0.365 e. The van der Waals surface area contributed by atoms with Gasteiger partial charge in [0, 0.05) is 13.1 Å². The van der Waals surface area contributed by atoms with Gasteiger partial charge in [-0.2, -0.15) is 5.10 Å². The minimum absolute atomic E-state index is 0.278. The number of likely N-dealkylation sites (tertiary alicyclic amines) is 1. The molecular formula is C23H23FN6. The van der Waals surface area contributed by atoms with Gasteiger partial charge in [0.15, 0.2) is 5.65 Å². The summed E-state index contributed by atoms with van der Waals surface area (Å²) in [6, 6.07) is 14.8. The zero-order valence-electron chi connectivity index (χ0n) is 16.6. The van der Waals surface area contributed by atoms with Crippen molar-refractivity contribution in [3.05, 3.63) is 78.0 Å². The highest BCUT2D eigenvalue weighted by atomic mass is 19.1. The molecule has 30 heavy (non-hydrogen) atoms. The molecule has 0 radical (unpaired) electrons. The molecule has 3 heterocycles. The molecule has 0 spiro atoms. The second-order valence-corrected chi connectivity index (χ2v) is 7.60. The molecule has 5 rings (SSSR count). The lowest BCUT2D eigenvalue weighted by molar-refractivity contribution is 0.330. The van der Waals surface area contributed by atoms with Crippen LogP contribution < -0.4 is 5.32 Å². The Morgan fingerprint density at radius 2 is 1.70 bits per heavy atom. The highest BCUT2D eigenvalue weighted by Gasteiger charge is 2.15. The van der Waals surface area contributed by atoms with E-state index in [9.17, 15) is 4.39 Å². The van der Waals surface area contributed by atoms with Crippen LogP contribution in [-0.4, -0.2) is 37.7 Å². The van der Waals surface area contributed by atoms with Gasteiger partial charge >= 0.3 is 0 Å². The zero-order valence-corrected chi connectivity index (χ0v) is 16.6. The Kier molecular flexibility index (Phi) is 5.11. The van der Waals surface area contributed by atoms with Crippen LogP contribution in [-0.2, 0) is 13.1 Å². The van der Waals surface area contributed by atoms with Crippen molar-refractivity contribution in [1.29, 1.82) is 0 Å². The fourth-order valence-corrected chi connectivity index (χ4v) is 4.00. The molecule has 1 saturated heterocycles. The van der Waals surface area contributed by atoms with Crippen molar-refractivity contribution in [3.63, 3.8) is 0 Å². The van der Waals surface area contributed by atoms with Crippen LogP contribution in [0, 0.1) is 5.82 Å². The molecule has 0 atom stereocenters. The minimum Gasteiger partial charge on any atom is -0.365 e. The number of aromatic nitrogens is 4. The molecule has 0 amide bonds. The molecule has 0 saturated carbocycles. The Labute approximate surface area is 174 Å². The topological polar surface area (TPSA) is 58.9 Å². The molecule has 1 aliphatic rings. The summed E-state index contributed by atoms with van der Waals surface area (Å²) in [5.74, 6) is 0.462. The summed E-state index contributed by atoms with van der Waals surface area (Å²) < 4.78 is 15.0. The maximum atomic E-state index is 13.3. The molecule has 6 nitrogen and oxygen atoms in total. The van der Waals surface area contributed by atoms with Crippen LogP contribution in [0.3, 0.4) is 0 Å². The first-order chi connectivity index (χ1) is 14.8. The first-order valence-electron chi connectivity index (χ1n) is 10.3. The van der Waals surface area contributed by atoms with Crippen molar-refractivity contribution in [1.82, 2.24) is 24.6 Å². The van der Waals surface area contributed by atoms with Crippen molar-refractivity contribution in [2.75, 3.05) is 18.4 Å². The summed E-state index contributed by atoms with van der Waals surface area (Å²) in [4.78, 5) is 11.3. The van der Waals surface area contributed by atoms with E-state index in [1.807, 2.05) is 0 Å². The van der Waals surface area contributed by atoms with E-state index in [1.165, 1.54) is 55.5 Å². The van der Waals surface area contributed by atoms with Gasteiger partial charge in [-0.25, -0.2) is 19.0 Å². The number of nitrogens with one attached hydrogen (secondary N) is 1. The number of rotatable bonds is 6. The van der Waals surface area contributed by atoms with E-state index >= 15 is 0 Å². The molecule has 0 bridgehead atoms. The van der Waals surface area contributed by atoms with Gasteiger partial charge in [-0.3, -0.25) is 4.90 Å². The van der Waals surface area contributed by atoms with Crippen LogP contribution in [0.25, 0.3) is 16.7 Å². The summed E-state index contributed by atoms with van der Waals surface area (Å²) in [5.41, 5.74) is 4.05. The van der Waals surface area contributed by atoms with Crippen LogP contribution in [0.4, 0.5) is 10.2 Å². The Morgan fingerprint density at radius 1 is 0.933 bits per heavy atom. The normalized spacial score (nSPS) is 14.4. The molecular weight excluding hydrogens is 379 g/mol. The fourth-order valence-electron chi connectivity index (χ4n) is 4.00. The van der Waals surface area contributed by atoms with Gasteiger partial charge in [-0.05, 0) is 61.3 Å². The molecule has 152 valence electrons. The lowest BCUT2D eigenvalue weighted by atomic mass is 10.1. The molecule has 2 aromatic carbocycles. The Bertz CT molecular complexity index is 1150. The van der Waals surface area contributed by atoms with Gasteiger partial charge in [0.1, 0.15) is 18.0 Å². The van der Waals surface area contributed by atoms with Crippen molar-refractivity contribution in [2.24, 2.45) is 0 Å². The predicted molar refractivity (Wildman–Crippen MR) is 115 cm³/mol. The molecule has 7 heteroatoms. The number of hydrogen-bond donors (Lipinski definition) is 1. The first kappa shape index (κ1) is 18.7. The number of nitrogens with zero attached hydrogens (tertiary/aromatic N) is 5. The third-order valence-electron chi connectivity index (χ3n) is 5.59. The van der Waals surface area contributed by atoms with E-state index in [0.29, 0.717) is 12.2 Å². The van der Waals surface area contributed by atoms with E-state index in [2.05, 4.69) is 49.5 Å². The number of anilines is 1. The van der Waals surface area contributed by atoms with Gasteiger partial charge in [0.2, 0.25) is 0 Å². The lowest BCUT2D eigenvalue weighted by Gasteiger charge is -2.18. The maximum absolute atomic E-state index is 13.3. The third-order valence-corrected chi connectivity index (χ3v) is 5.59. The maximum Gasteiger partial charge on any atom is 0.168 e. The van der Waals surface area contributed by atoms with E-state index in [0.717, 1.165) is 23.4 Å². The van der Waals surface area contributed by atoms with Crippen LogP contribution >= 0.6 is 0 Å². The molecule has 0 aliphatic carbocycles. The third kappa shape index (κ3) is 3.76. The predicted octanol–water partition coefficient (Wildman–Crippen LogP) is 4.16. The fraction of sp³-hybridized carbons (Fsp3) is 0.261. The van der Waals surface area contributed by atoms with E-state index in [1.54, 1.807) is 23.0 Å². The molecule has 1 fully saturated rings. The average molecular weight is 402 g/mol. The number of hydrogen-bond acceptors (Lipinski definition) is 5. The Hall–Kier alpha value is -3.32. The van der Waals surface area contributed by atoms with Crippen molar-refractivity contribution < 1.29 is 4.39 Å². The molecule has 2 aromatic heterocycles. The van der Waals surface area contributed by atoms with Crippen LogP contribution in [0.15, 0.2) is 61.1 Å². The van der Waals surface area contributed by atoms with Gasteiger partial charge in [-0.1, -0.05) is 24.3 Å². The van der Waals surface area contributed by atoms with Gasteiger partial charge in [0.05, 0.1) is 17.3 Å². The summed E-state index contributed by atoms with van der Waals surface area (Å²) in [6.07, 6.45) is 5.86. The highest BCUT2D eigenvalue weighted by molar-refractivity contribution is 5.87. The lowest BCUT2D eigenvalue weighted by Crippen LogP contribution is -2.19. The monoisotopic (exact) mass is 402 g/mol. The van der Waals surface area contributed by atoms with Gasteiger partial charge in [0.25, 0.3) is 0 Å². The van der Waals surface area contributed by atoms with Crippen LogP contribution in [0.2, 0.25) is 0 Å². The van der Waals surface area contributed by atoms with Crippen LogP contribution in [0.5, 0.6) is 0 Å². The Morgan fingerprint density at radius 3 is 2.50 bits per heavy atom. The molecule has 0 unspecified atom stereocenters. The van der Waals surface area contributed by atoms with Crippen molar-refractivity contribution in [3.8, 4) is 5.69 Å². The Balaban J connectivity index is 1.38. The van der Waals surface area contributed by atoms with E-state index < -0.39 is 0 Å². The first-order valence-corrected chi connectivity index (χ1v) is 10.3. The quantitative estimate of drug-likeness (QED) is 0.525. The minimum atomic E-state index is -0.278. The van der Waals surface area contributed by atoms with Crippen molar-refractivity contribution >= 4 is 16.9 Å². The van der Waals surface area contributed by atoms with E-state index in [-0.39, 0.29) is 5.82 Å². The smallest absolute Gasteiger partial charge is 0.168 e. The summed E-state index contributed by atoms with van der Waals surface area (Å²) in [7, 11) is 0. The molecule has 4 aromatic rings. The molecule has 1 N–H and O–H groups in total. The summed E-state index contributed by atoms with van der Waals surface area (Å²) >= 11 is 0. The molecule has 1 aliphatic heterocycles. The number of benzene rings is 2. The van der Waals surface area contributed by atoms with Gasteiger partial charge < -0.3 is 5.32 Å². The SMILES string of the molecule is Fc1ccc(-n2ncc3c(NCc4ccccc4CN4CCCC4)ncnc32)cc1. The summed E-state index contributed by atoms with van der Waals surface area (Å²) in [5, 5.41) is 8.73.